The maximum atomic E-state index is 13.5. The van der Waals surface area contributed by atoms with E-state index in [0.29, 0.717) is 12.8 Å². The molecule has 0 radical (unpaired) electrons. The molecule has 1 rings (SSSR count). The van der Waals surface area contributed by atoms with E-state index in [2.05, 4.69) is 111 Å². The van der Waals surface area contributed by atoms with E-state index in [1.807, 2.05) is 6.08 Å². The first-order chi connectivity index (χ1) is 43.2. The van der Waals surface area contributed by atoms with E-state index < -0.39 is 67.4 Å². The van der Waals surface area contributed by atoms with Crippen LogP contribution in [-0.4, -0.2) is 99.6 Å². The van der Waals surface area contributed by atoms with E-state index in [1.165, 1.54) is 161 Å². The molecule has 1 amide bonds. The molecule has 0 aromatic rings. The smallest absolute Gasteiger partial charge is 0.306 e. The number of unbranched alkanes of at least 4 members (excludes halogenated alkanes) is 34. The highest BCUT2D eigenvalue weighted by atomic mass is 16.7. The molecule has 11 nitrogen and oxygen atoms in total. The predicted octanol–water partition coefficient (Wildman–Crippen LogP) is 19.0. The molecular weight excluding hydrogens is 1100 g/mol. The number of rotatable bonds is 62. The van der Waals surface area contributed by atoms with Gasteiger partial charge in [-0.2, -0.15) is 0 Å². The molecule has 508 valence electrons. The number of nitrogens with one attached hydrogen (secondary N) is 1. The van der Waals surface area contributed by atoms with Crippen molar-refractivity contribution in [3.8, 4) is 0 Å². The summed E-state index contributed by atoms with van der Waals surface area (Å²) < 4.78 is 17.7. The quantitative estimate of drug-likeness (QED) is 0.0195. The van der Waals surface area contributed by atoms with Crippen LogP contribution in [0.25, 0.3) is 0 Å². The fourth-order valence-corrected chi connectivity index (χ4v) is 10.9. The second-order valence-corrected chi connectivity index (χ2v) is 25.0. The molecule has 0 aromatic heterocycles. The molecule has 1 saturated heterocycles. The first-order valence-corrected chi connectivity index (χ1v) is 36.5. The summed E-state index contributed by atoms with van der Waals surface area (Å²) in [6, 6.07) is -1.03. The number of aliphatic hydroxyl groups is 5. The number of allylic oxidation sites excluding steroid dienone is 15. The minimum Gasteiger partial charge on any atom is -0.454 e. The van der Waals surface area contributed by atoms with Crippen molar-refractivity contribution < 1.29 is 49.3 Å². The number of carbonyl (C=O) groups is 2. The second kappa shape index (κ2) is 63.7. The molecule has 0 spiro atoms. The van der Waals surface area contributed by atoms with Gasteiger partial charge in [0.1, 0.15) is 24.4 Å². The Balaban J connectivity index is 2.56. The standard InChI is InChI=1S/C77H135NO10/c1-4-7-10-13-16-19-22-25-27-29-31-33-34-35-36-37-38-39-41-43-45-47-50-53-56-59-62-65-72(82)88-75-74(84)73(83)71(66-79)87-77(75)86-67-68(69(80)63-60-57-54-51-48-24-21-18-15-12-9-6-3)78-76(85)70(81)64-61-58-55-52-49-46-44-42-40-32-30-28-26-23-20-17-14-11-8-5-2/h16-17,19-20,25-28,31-33,35-36,40,60,63,68-71,73-75,77,79-81,83-84H,4-15,18,21-24,29-30,34,37-39,41-59,61-62,64-67H2,1-3H3,(H,78,85)/b19-16-,20-17-,27-25-,28-26-,33-31-,36-35-,40-32-,63-60+. The van der Waals surface area contributed by atoms with Crippen molar-refractivity contribution in [1.82, 2.24) is 5.32 Å². The van der Waals surface area contributed by atoms with E-state index in [1.54, 1.807) is 6.08 Å². The summed E-state index contributed by atoms with van der Waals surface area (Å²) in [5.74, 6) is -1.20. The summed E-state index contributed by atoms with van der Waals surface area (Å²) in [7, 11) is 0. The summed E-state index contributed by atoms with van der Waals surface area (Å²) in [5, 5.41) is 57.3. The van der Waals surface area contributed by atoms with Gasteiger partial charge >= 0.3 is 5.97 Å². The first-order valence-electron chi connectivity index (χ1n) is 36.5. The van der Waals surface area contributed by atoms with E-state index in [9.17, 15) is 35.1 Å². The Morgan fingerprint density at radius 3 is 1.19 bits per heavy atom. The van der Waals surface area contributed by atoms with Gasteiger partial charge in [-0.15, -0.1) is 0 Å². The molecule has 1 fully saturated rings. The Kier molecular flexibility index (Phi) is 59.8. The van der Waals surface area contributed by atoms with Crippen LogP contribution in [0.2, 0.25) is 0 Å². The summed E-state index contributed by atoms with van der Waals surface area (Å²) in [5.41, 5.74) is 0. The van der Waals surface area contributed by atoms with Crippen molar-refractivity contribution in [2.24, 2.45) is 0 Å². The molecule has 8 atom stereocenters. The molecule has 0 bridgehead atoms. The maximum Gasteiger partial charge on any atom is 0.306 e. The summed E-state index contributed by atoms with van der Waals surface area (Å²) in [4.78, 5) is 26.7. The molecule has 1 aliphatic rings. The molecule has 8 unspecified atom stereocenters. The van der Waals surface area contributed by atoms with Gasteiger partial charge in [0.15, 0.2) is 12.4 Å². The Morgan fingerprint density at radius 2 is 0.784 bits per heavy atom. The van der Waals surface area contributed by atoms with Crippen LogP contribution in [0.1, 0.15) is 316 Å². The summed E-state index contributed by atoms with van der Waals surface area (Å²) >= 11 is 0. The third-order valence-corrected chi connectivity index (χ3v) is 16.7. The Bertz CT molecular complexity index is 1800. The largest absolute Gasteiger partial charge is 0.454 e. The fourth-order valence-electron chi connectivity index (χ4n) is 10.9. The molecule has 0 saturated carbocycles. The fraction of sp³-hybridized carbons (Fsp3) is 0.766. The van der Waals surface area contributed by atoms with Crippen LogP contribution in [0.3, 0.4) is 0 Å². The van der Waals surface area contributed by atoms with Gasteiger partial charge in [0, 0.05) is 6.42 Å². The Hall–Kier alpha value is -3.42. The van der Waals surface area contributed by atoms with E-state index in [0.717, 1.165) is 109 Å². The number of carbonyl (C=O) groups excluding carboxylic acids is 2. The van der Waals surface area contributed by atoms with Gasteiger partial charge in [-0.3, -0.25) is 9.59 Å². The lowest BCUT2D eigenvalue weighted by Crippen LogP contribution is -2.61. The molecule has 11 heteroatoms. The lowest BCUT2D eigenvalue weighted by atomic mass is 9.99. The zero-order valence-electron chi connectivity index (χ0n) is 56.6. The van der Waals surface area contributed by atoms with Crippen LogP contribution < -0.4 is 5.32 Å². The lowest BCUT2D eigenvalue weighted by molar-refractivity contribution is -0.305. The number of hydrogen-bond donors (Lipinski definition) is 6. The molecule has 0 aromatic carbocycles. The van der Waals surface area contributed by atoms with Crippen LogP contribution >= 0.6 is 0 Å². The predicted molar refractivity (Wildman–Crippen MR) is 370 cm³/mol. The van der Waals surface area contributed by atoms with E-state index in [-0.39, 0.29) is 19.4 Å². The Labute approximate surface area is 539 Å². The number of amides is 1. The normalized spacial score (nSPS) is 18.8. The van der Waals surface area contributed by atoms with E-state index in [4.69, 9.17) is 14.2 Å². The van der Waals surface area contributed by atoms with Gasteiger partial charge < -0.3 is 45.1 Å². The van der Waals surface area contributed by atoms with Crippen LogP contribution in [0.15, 0.2) is 97.2 Å². The van der Waals surface area contributed by atoms with Gasteiger partial charge in [-0.25, -0.2) is 0 Å². The number of ether oxygens (including phenoxy) is 3. The third-order valence-electron chi connectivity index (χ3n) is 16.7. The Morgan fingerprint density at radius 1 is 0.443 bits per heavy atom. The molecule has 0 aliphatic carbocycles. The van der Waals surface area contributed by atoms with Crippen LogP contribution in [0.4, 0.5) is 0 Å². The van der Waals surface area contributed by atoms with Crippen LogP contribution in [0, 0.1) is 0 Å². The summed E-state index contributed by atoms with van der Waals surface area (Å²) in [6.07, 6.45) is 75.8. The molecular formula is C77H135NO10. The molecule has 6 N–H and O–H groups in total. The SMILES string of the molecule is CCCCC/C=C\C/C=C\C/C=C\C/C=C\CCCCCCCCCCCCCC(=O)OC1C(OCC(NC(=O)C(O)CCCCCCCCC/C=C\C/C=C\C/C=C\CCCCC)C(O)/C=C/CCCCCCCCCCCC)OC(CO)C(O)C1O. The first kappa shape index (κ1) is 82.6. The lowest BCUT2D eigenvalue weighted by Gasteiger charge is -2.41. The maximum absolute atomic E-state index is 13.5. The van der Waals surface area contributed by atoms with Crippen molar-refractivity contribution in [2.75, 3.05) is 13.2 Å². The topological polar surface area (TPSA) is 175 Å². The van der Waals surface area contributed by atoms with Crippen LogP contribution in [0.5, 0.6) is 0 Å². The van der Waals surface area contributed by atoms with Gasteiger partial charge in [0.05, 0.1) is 25.4 Å². The molecule has 88 heavy (non-hydrogen) atoms. The minimum absolute atomic E-state index is 0.115. The van der Waals surface area contributed by atoms with E-state index >= 15 is 0 Å². The van der Waals surface area contributed by atoms with Gasteiger partial charge in [0.25, 0.3) is 0 Å². The van der Waals surface area contributed by atoms with Crippen molar-refractivity contribution >= 4 is 11.9 Å². The van der Waals surface area contributed by atoms with Gasteiger partial charge in [-0.05, 0) is 109 Å². The van der Waals surface area contributed by atoms with Crippen molar-refractivity contribution in [1.29, 1.82) is 0 Å². The van der Waals surface area contributed by atoms with Gasteiger partial charge in [-0.1, -0.05) is 298 Å². The zero-order chi connectivity index (χ0) is 63.9. The van der Waals surface area contributed by atoms with Crippen molar-refractivity contribution in [3.63, 3.8) is 0 Å². The second-order valence-electron chi connectivity index (χ2n) is 25.0. The average Bonchev–Trinajstić information content (AvgIpc) is 1.29. The molecule has 1 heterocycles. The van der Waals surface area contributed by atoms with Crippen molar-refractivity contribution in [3.05, 3.63) is 97.2 Å². The highest BCUT2D eigenvalue weighted by molar-refractivity contribution is 5.80. The average molecular weight is 1230 g/mol. The minimum atomic E-state index is -1.62. The van der Waals surface area contributed by atoms with Gasteiger partial charge in [0.2, 0.25) is 5.91 Å². The molecule has 1 aliphatic heterocycles. The third kappa shape index (κ3) is 50.3. The van der Waals surface area contributed by atoms with Crippen molar-refractivity contribution in [2.45, 2.75) is 365 Å². The monoisotopic (exact) mass is 1230 g/mol. The summed E-state index contributed by atoms with van der Waals surface area (Å²) in [6.45, 7) is 5.75. The number of aliphatic hydroxyl groups excluding tert-OH is 5. The van der Waals surface area contributed by atoms with Crippen LogP contribution in [-0.2, 0) is 23.8 Å². The number of hydrogen-bond acceptors (Lipinski definition) is 10. The number of esters is 1. The highest BCUT2D eigenvalue weighted by Crippen LogP contribution is 2.26. The highest BCUT2D eigenvalue weighted by Gasteiger charge is 2.47. The zero-order valence-corrected chi connectivity index (χ0v) is 56.6.